The molecular formula is C12H14BrNO3. The van der Waals surface area contributed by atoms with Crippen LogP contribution in [0.4, 0.5) is 5.69 Å². The number of anilines is 1. The molecule has 0 spiro atoms. The molecule has 5 heteroatoms. The lowest BCUT2D eigenvalue weighted by Gasteiger charge is -2.11. The molecule has 1 aromatic carbocycles. The van der Waals surface area contributed by atoms with Crippen LogP contribution in [0.5, 0.6) is 5.75 Å². The minimum absolute atomic E-state index is 0.0471. The Labute approximate surface area is 108 Å². The van der Waals surface area contributed by atoms with Crippen molar-refractivity contribution in [2.45, 2.75) is 25.4 Å². The number of carbonyl (C=O) groups excluding carboxylic acids is 1. The van der Waals surface area contributed by atoms with E-state index in [0.717, 1.165) is 19.4 Å². The van der Waals surface area contributed by atoms with Crippen molar-refractivity contribution in [3.8, 4) is 5.75 Å². The molecule has 0 saturated carbocycles. The number of phenols is 1. The first-order chi connectivity index (χ1) is 8.15. The smallest absolute Gasteiger partial charge is 0.227 e. The van der Waals surface area contributed by atoms with Gasteiger partial charge in [-0.25, -0.2) is 0 Å². The topological polar surface area (TPSA) is 58.6 Å². The van der Waals surface area contributed by atoms with E-state index >= 15 is 0 Å². The molecule has 0 aromatic heterocycles. The molecule has 2 N–H and O–H groups in total. The quantitative estimate of drug-likeness (QED) is 0.844. The fourth-order valence-corrected chi connectivity index (χ4v) is 2.28. The summed E-state index contributed by atoms with van der Waals surface area (Å²) in [5.41, 5.74) is 0.658. The number of hydrogen-bond acceptors (Lipinski definition) is 3. The summed E-state index contributed by atoms with van der Waals surface area (Å²) in [7, 11) is 0. The molecule has 1 fully saturated rings. The minimum atomic E-state index is -0.0664. The molecule has 0 bridgehead atoms. The molecule has 92 valence electrons. The molecule has 1 saturated heterocycles. The maximum Gasteiger partial charge on any atom is 0.227 e. The van der Waals surface area contributed by atoms with Gasteiger partial charge in [0.1, 0.15) is 5.75 Å². The van der Waals surface area contributed by atoms with Gasteiger partial charge in [-0.3, -0.25) is 4.79 Å². The van der Waals surface area contributed by atoms with Gasteiger partial charge in [0, 0.05) is 11.1 Å². The number of phenolic OH excluding ortho intramolecular Hbond substituents is 1. The second-order valence-electron chi connectivity index (χ2n) is 4.05. The highest BCUT2D eigenvalue weighted by Crippen LogP contribution is 2.27. The van der Waals surface area contributed by atoms with Crippen LogP contribution < -0.4 is 5.32 Å². The van der Waals surface area contributed by atoms with Gasteiger partial charge in [-0.15, -0.1) is 0 Å². The molecule has 0 aliphatic carbocycles. The Morgan fingerprint density at radius 3 is 3.06 bits per heavy atom. The fraction of sp³-hybridized carbons (Fsp3) is 0.417. The van der Waals surface area contributed by atoms with Crippen molar-refractivity contribution >= 4 is 27.5 Å². The van der Waals surface area contributed by atoms with Crippen LogP contribution in [0, 0.1) is 0 Å². The summed E-state index contributed by atoms with van der Waals surface area (Å²) in [6.45, 7) is 0.751. The predicted molar refractivity (Wildman–Crippen MR) is 68.0 cm³/mol. The zero-order valence-electron chi connectivity index (χ0n) is 9.28. The van der Waals surface area contributed by atoms with E-state index in [-0.39, 0.29) is 17.8 Å². The summed E-state index contributed by atoms with van der Waals surface area (Å²) in [4.78, 5) is 11.7. The average molecular weight is 300 g/mol. The van der Waals surface area contributed by atoms with Crippen molar-refractivity contribution in [2.75, 3.05) is 11.9 Å². The van der Waals surface area contributed by atoms with Crippen LogP contribution in [0.15, 0.2) is 22.7 Å². The SMILES string of the molecule is O=C(CC1CCCO1)Nc1ccc(O)cc1Br. The van der Waals surface area contributed by atoms with Crippen molar-refractivity contribution < 1.29 is 14.6 Å². The maximum absolute atomic E-state index is 11.7. The van der Waals surface area contributed by atoms with Gasteiger partial charge in [-0.2, -0.15) is 0 Å². The molecule has 0 radical (unpaired) electrons. The number of nitrogens with one attached hydrogen (secondary N) is 1. The molecule has 1 amide bonds. The van der Waals surface area contributed by atoms with Gasteiger partial charge in [0.2, 0.25) is 5.91 Å². The van der Waals surface area contributed by atoms with Crippen molar-refractivity contribution in [3.05, 3.63) is 22.7 Å². The van der Waals surface area contributed by atoms with Crippen molar-refractivity contribution in [2.24, 2.45) is 0 Å². The number of carbonyl (C=O) groups is 1. The third-order valence-electron chi connectivity index (χ3n) is 2.66. The molecule has 4 nitrogen and oxygen atoms in total. The van der Waals surface area contributed by atoms with Crippen molar-refractivity contribution in [3.63, 3.8) is 0 Å². The molecule has 1 aliphatic heterocycles. The molecule has 1 atom stereocenters. The molecule has 1 aromatic rings. The minimum Gasteiger partial charge on any atom is -0.508 e. The lowest BCUT2D eigenvalue weighted by atomic mass is 10.2. The molecule has 17 heavy (non-hydrogen) atoms. The van der Waals surface area contributed by atoms with E-state index in [1.807, 2.05) is 0 Å². The predicted octanol–water partition coefficient (Wildman–Crippen LogP) is 2.66. The zero-order chi connectivity index (χ0) is 12.3. The van der Waals surface area contributed by atoms with Crippen LogP contribution in [0.2, 0.25) is 0 Å². The van der Waals surface area contributed by atoms with Gasteiger partial charge in [-0.1, -0.05) is 0 Å². The summed E-state index contributed by atoms with van der Waals surface area (Å²) < 4.78 is 6.06. The first-order valence-electron chi connectivity index (χ1n) is 5.55. The third kappa shape index (κ3) is 3.44. The highest BCUT2D eigenvalue weighted by molar-refractivity contribution is 9.10. The lowest BCUT2D eigenvalue weighted by molar-refractivity contribution is -0.118. The highest BCUT2D eigenvalue weighted by atomic mass is 79.9. The Morgan fingerprint density at radius 1 is 1.59 bits per heavy atom. The second-order valence-corrected chi connectivity index (χ2v) is 4.91. The van der Waals surface area contributed by atoms with Gasteiger partial charge in [-0.05, 0) is 47.0 Å². The van der Waals surface area contributed by atoms with Gasteiger partial charge < -0.3 is 15.2 Å². The second kappa shape index (κ2) is 5.51. The van der Waals surface area contributed by atoms with Gasteiger partial charge in [0.15, 0.2) is 0 Å². The van der Waals surface area contributed by atoms with Crippen molar-refractivity contribution in [1.82, 2.24) is 0 Å². The summed E-state index contributed by atoms with van der Waals surface area (Å²) in [5.74, 6) is 0.0947. The number of rotatable bonds is 3. The Morgan fingerprint density at radius 2 is 2.41 bits per heavy atom. The van der Waals surface area contributed by atoms with Crippen LogP contribution in [0.25, 0.3) is 0 Å². The van der Waals surface area contributed by atoms with E-state index in [1.165, 1.54) is 6.07 Å². The first kappa shape index (κ1) is 12.4. The van der Waals surface area contributed by atoms with E-state index in [4.69, 9.17) is 4.74 Å². The fourth-order valence-electron chi connectivity index (χ4n) is 1.82. The number of hydrogen-bond donors (Lipinski definition) is 2. The largest absolute Gasteiger partial charge is 0.508 e. The Hall–Kier alpha value is -1.07. The number of aromatic hydroxyl groups is 1. The number of amides is 1. The average Bonchev–Trinajstić information content (AvgIpc) is 2.75. The summed E-state index contributed by atoms with van der Waals surface area (Å²) in [6, 6.07) is 4.74. The summed E-state index contributed by atoms with van der Waals surface area (Å²) >= 11 is 3.28. The number of halogens is 1. The van der Waals surface area contributed by atoms with E-state index in [9.17, 15) is 9.90 Å². The molecule has 1 heterocycles. The van der Waals surface area contributed by atoms with Gasteiger partial charge >= 0.3 is 0 Å². The third-order valence-corrected chi connectivity index (χ3v) is 3.32. The highest BCUT2D eigenvalue weighted by Gasteiger charge is 2.19. The van der Waals surface area contributed by atoms with E-state index in [2.05, 4.69) is 21.2 Å². The molecule has 2 rings (SSSR count). The van der Waals surface area contributed by atoms with Gasteiger partial charge in [0.25, 0.3) is 0 Å². The molecular weight excluding hydrogens is 286 g/mol. The number of ether oxygens (including phenoxy) is 1. The maximum atomic E-state index is 11.7. The summed E-state index contributed by atoms with van der Waals surface area (Å²) in [5, 5.41) is 12.0. The van der Waals surface area contributed by atoms with E-state index < -0.39 is 0 Å². The Bertz CT molecular complexity index is 416. The number of benzene rings is 1. The summed E-state index contributed by atoms with van der Waals surface area (Å²) in [6.07, 6.45) is 2.41. The normalized spacial score (nSPS) is 19.2. The first-order valence-corrected chi connectivity index (χ1v) is 6.34. The zero-order valence-corrected chi connectivity index (χ0v) is 10.9. The molecule has 1 aliphatic rings. The standard InChI is InChI=1S/C12H14BrNO3/c13-10-6-8(15)3-4-11(10)14-12(16)7-9-2-1-5-17-9/h3-4,6,9,15H,1-2,5,7H2,(H,14,16). The van der Waals surface area contributed by atoms with Gasteiger partial charge in [0.05, 0.1) is 18.2 Å². The lowest BCUT2D eigenvalue weighted by Crippen LogP contribution is -2.19. The van der Waals surface area contributed by atoms with Crippen LogP contribution in [-0.2, 0) is 9.53 Å². The van der Waals surface area contributed by atoms with Crippen LogP contribution >= 0.6 is 15.9 Å². The van der Waals surface area contributed by atoms with Crippen LogP contribution in [-0.4, -0.2) is 23.7 Å². The van der Waals surface area contributed by atoms with E-state index in [1.54, 1.807) is 12.1 Å². The monoisotopic (exact) mass is 299 g/mol. The van der Waals surface area contributed by atoms with Crippen LogP contribution in [0.3, 0.4) is 0 Å². The molecule has 1 unspecified atom stereocenters. The Balaban J connectivity index is 1.93. The van der Waals surface area contributed by atoms with Crippen LogP contribution in [0.1, 0.15) is 19.3 Å². The van der Waals surface area contributed by atoms with Crippen molar-refractivity contribution in [1.29, 1.82) is 0 Å². The Kier molecular flexibility index (Phi) is 4.02. The van der Waals surface area contributed by atoms with E-state index in [0.29, 0.717) is 16.6 Å².